The lowest BCUT2D eigenvalue weighted by Gasteiger charge is -2.45. The van der Waals surface area contributed by atoms with Crippen LogP contribution in [0.5, 0.6) is 0 Å². The van der Waals surface area contributed by atoms with E-state index in [0.717, 1.165) is 103 Å². The molecule has 0 atom stereocenters. The van der Waals surface area contributed by atoms with E-state index in [1.165, 1.54) is 0 Å². The summed E-state index contributed by atoms with van der Waals surface area (Å²) in [5.41, 5.74) is 16.3. The minimum absolute atomic E-state index is 0.0237. The maximum Gasteiger partial charge on any atom is 0.252 e. The van der Waals surface area contributed by atoms with E-state index in [-0.39, 0.29) is 55.7 Å². The molecule has 13 aromatic carbocycles. The second-order valence-corrected chi connectivity index (χ2v) is 29.8. The van der Waals surface area contributed by atoms with Crippen molar-refractivity contribution in [1.82, 2.24) is 4.57 Å². The molecule has 462 valence electrons. The molecular formula is C90H72BN3OS. The summed E-state index contributed by atoms with van der Waals surface area (Å²) in [7, 11) is 0. The molecule has 0 spiro atoms. The van der Waals surface area contributed by atoms with Crippen molar-refractivity contribution < 1.29 is 22.2 Å². The molecule has 2 aliphatic heterocycles. The first-order chi connectivity index (χ1) is 51.9. The van der Waals surface area contributed by atoms with E-state index in [1.54, 1.807) is 15.9 Å². The number of hydrogen-bond donors (Lipinski definition) is 0. The van der Waals surface area contributed by atoms with Crippen LogP contribution in [-0.2, 0) is 16.2 Å². The molecule has 2 aliphatic rings. The average Bonchev–Trinajstić information content (AvgIpc) is 1.65. The van der Waals surface area contributed by atoms with Crippen molar-refractivity contribution in [3.63, 3.8) is 0 Å². The number of furan rings is 1. The van der Waals surface area contributed by atoms with Crippen LogP contribution in [0.1, 0.15) is 96.8 Å². The summed E-state index contributed by atoms with van der Waals surface area (Å²) >= 11 is 1.69. The van der Waals surface area contributed by atoms with Crippen molar-refractivity contribution in [1.29, 1.82) is 0 Å². The second-order valence-electron chi connectivity index (χ2n) is 28.7. The number of benzene rings is 13. The molecule has 6 heteroatoms. The Morgan fingerprint density at radius 1 is 0.365 bits per heavy atom. The van der Waals surface area contributed by atoms with Gasteiger partial charge in [-0.15, -0.1) is 11.3 Å². The molecule has 96 heavy (non-hydrogen) atoms. The molecule has 0 saturated carbocycles. The van der Waals surface area contributed by atoms with E-state index in [0.29, 0.717) is 50.6 Å². The Balaban J connectivity index is 1.09. The summed E-state index contributed by atoms with van der Waals surface area (Å²) in [6.07, 6.45) is 0. The first-order valence-corrected chi connectivity index (χ1v) is 33.6. The van der Waals surface area contributed by atoms with Crippen LogP contribution in [0.25, 0.3) is 114 Å². The van der Waals surface area contributed by atoms with Crippen molar-refractivity contribution in [3.8, 4) is 50.2 Å². The fourth-order valence-electron chi connectivity index (χ4n) is 14.9. The smallest absolute Gasteiger partial charge is 0.252 e. The number of aromatic nitrogens is 1. The minimum atomic E-state index is -0.768. The van der Waals surface area contributed by atoms with Gasteiger partial charge in [0.15, 0.2) is 0 Å². The van der Waals surface area contributed by atoms with Gasteiger partial charge in [0.2, 0.25) is 0 Å². The summed E-state index contributed by atoms with van der Waals surface area (Å²) < 4.78 is 134. The van der Waals surface area contributed by atoms with Gasteiger partial charge in [-0.3, -0.25) is 0 Å². The van der Waals surface area contributed by atoms with Crippen molar-refractivity contribution in [3.05, 3.63) is 289 Å². The Labute approximate surface area is 584 Å². The van der Waals surface area contributed by atoms with Gasteiger partial charge >= 0.3 is 0 Å². The quantitative estimate of drug-likeness (QED) is 0.149. The maximum atomic E-state index is 10.1. The highest BCUT2D eigenvalue weighted by Gasteiger charge is 2.46. The SMILES string of the molecule is [2H]c1c([2H])c([2H])c(-c2ccc3c(c2)B2c4ccc(-c5cc(C(C)(C)C)cc(C(C)(C)C)c5)cc4N(c4cc(-c5ccccc5)cc5sc6ccccc6c45)c4cc(-n5c6c([2H])c([2H])c([2H])c([2H])c6c6c([2H])c([2H])c([2H])c([2H])c65)cc(c42)N3c2c(-c3ccc(C(C)(C)C)cc3)ccc3oc4ccccc4c23)c([2H])c1[2H]. The normalized spacial score (nSPS) is 15.1. The zero-order chi connectivity index (χ0) is 76.4. The summed E-state index contributed by atoms with van der Waals surface area (Å²) in [6.45, 7) is 19.1. The highest BCUT2D eigenvalue weighted by atomic mass is 32.1. The molecule has 0 N–H and O–H groups in total. The highest BCUT2D eigenvalue weighted by molar-refractivity contribution is 7.26. The minimum Gasteiger partial charge on any atom is -0.456 e. The summed E-state index contributed by atoms with van der Waals surface area (Å²) in [5, 5.41) is 3.35. The zero-order valence-corrected chi connectivity index (χ0v) is 55.5. The van der Waals surface area contributed by atoms with E-state index in [4.69, 9.17) is 8.53 Å². The number of rotatable bonds is 7. The molecule has 0 fully saturated rings. The summed E-state index contributed by atoms with van der Waals surface area (Å²) in [4.78, 5) is 4.57. The van der Waals surface area contributed by atoms with Gasteiger partial charge in [-0.2, -0.15) is 0 Å². The second kappa shape index (κ2) is 21.4. The molecule has 18 rings (SSSR count). The van der Waals surface area contributed by atoms with E-state index in [9.17, 15) is 13.7 Å². The Bertz CT molecular complexity index is 6540. The van der Waals surface area contributed by atoms with Crippen molar-refractivity contribution in [2.45, 2.75) is 78.6 Å². The molecule has 5 heterocycles. The maximum absolute atomic E-state index is 10.1. The number of hydrogen-bond acceptors (Lipinski definition) is 4. The van der Waals surface area contributed by atoms with Gasteiger partial charge in [-0.1, -0.05) is 262 Å². The van der Waals surface area contributed by atoms with Crippen LogP contribution < -0.4 is 26.2 Å². The van der Waals surface area contributed by atoms with Crippen molar-refractivity contribution >= 4 is 132 Å². The lowest BCUT2D eigenvalue weighted by Crippen LogP contribution is -2.61. The molecule has 0 unspecified atom stereocenters. The number of nitrogens with zero attached hydrogens (tertiary/aromatic N) is 3. The predicted molar refractivity (Wildman–Crippen MR) is 413 cm³/mol. The third kappa shape index (κ3) is 9.16. The zero-order valence-electron chi connectivity index (χ0n) is 67.7. The summed E-state index contributed by atoms with van der Waals surface area (Å²) in [5.74, 6) is 0. The fourth-order valence-corrected chi connectivity index (χ4v) is 16.1. The Kier molecular flexibility index (Phi) is 10.2. The molecule has 16 aromatic rings. The van der Waals surface area contributed by atoms with E-state index in [2.05, 4.69) is 187 Å². The largest absolute Gasteiger partial charge is 0.456 e. The van der Waals surface area contributed by atoms with Gasteiger partial charge in [0, 0.05) is 64.6 Å². The molecular weight excluding hydrogens is 1180 g/mol. The van der Waals surface area contributed by atoms with Crippen LogP contribution in [0.2, 0.25) is 0 Å². The Morgan fingerprint density at radius 3 is 1.67 bits per heavy atom. The van der Waals surface area contributed by atoms with Crippen LogP contribution >= 0.6 is 11.3 Å². The van der Waals surface area contributed by atoms with Gasteiger partial charge in [-0.05, 0) is 161 Å². The van der Waals surface area contributed by atoms with Crippen LogP contribution in [-0.4, -0.2) is 11.3 Å². The van der Waals surface area contributed by atoms with Crippen molar-refractivity contribution in [2.75, 3.05) is 9.80 Å². The molecule has 0 aliphatic carbocycles. The van der Waals surface area contributed by atoms with E-state index >= 15 is 0 Å². The fraction of sp³-hybridized carbons (Fsp3) is 0.133. The third-order valence-electron chi connectivity index (χ3n) is 19.7. The predicted octanol–water partition coefficient (Wildman–Crippen LogP) is 23.7. The lowest BCUT2D eigenvalue weighted by atomic mass is 9.33. The molecule has 0 radical (unpaired) electrons. The van der Waals surface area contributed by atoms with Crippen LogP contribution in [0.4, 0.5) is 34.1 Å². The topological polar surface area (TPSA) is 24.6 Å². The lowest BCUT2D eigenvalue weighted by molar-refractivity contribution is 0.569. The molecule has 0 bridgehead atoms. The molecule has 3 aromatic heterocycles. The van der Waals surface area contributed by atoms with Crippen LogP contribution in [0.15, 0.2) is 277 Å². The number of anilines is 6. The van der Waals surface area contributed by atoms with Gasteiger partial charge in [-0.25, -0.2) is 0 Å². The van der Waals surface area contributed by atoms with Gasteiger partial charge in [0.05, 0.1) is 51.3 Å². The molecule has 0 saturated heterocycles. The van der Waals surface area contributed by atoms with E-state index in [1.807, 2.05) is 78.9 Å². The average molecular weight is 1270 g/mol. The first kappa shape index (κ1) is 45.6. The van der Waals surface area contributed by atoms with E-state index < -0.39 is 73.2 Å². The number of fused-ring (bicyclic) bond motifs is 13. The summed E-state index contributed by atoms with van der Waals surface area (Å²) in [6, 6.07) is 60.9. The van der Waals surface area contributed by atoms with Crippen LogP contribution in [0, 0.1) is 0 Å². The van der Waals surface area contributed by atoms with Crippen LogP contribution in [0.3, 0.4) is 0 Å². The third-order valence-corrected chi connectivity index (χ3v) is 20.9. The standard InChI is InChI=1S/C90H72BN3OS/c1-88(2,3)62-40-36-57(37-41-62)66-42-45-81-85(69-30-18-22-34-80(69)95-81)87(66)94-75-44-39-58(55-24-12-10-13-25-55)48-72(75)91-71-43-38-59(60-46-63(89(4,5)6)52-64(47-60)90(7,8)9)49-76(71)93(77-50-61(56-26-14-11-15-27-56)51-83-84(77)70-31-19-23-35-82(70)96-83)78-53-65(54-79(94)86(78)91)92-73-32-20-16-28-67(73)68-29-17-21-33-74(68)92/h10-54H,1-9H3/i10D,12D,13D,16D,17D,20D,21D,24D,25D,28D,29D,32D,33D. The number of thiophene rings is 1. The van der Waals surface area contributed by atoms with Gasteiger partial charge < -0.3 is 18.8 Å². The molecule has 0 amide bonds. The first-order valence-electron chi connectivity index (χ1n) is 39.3. The van der Waals surface area contributed by atoms with Gasteiger partial charge in [0.1, 0.15) is 11.2 Å². The van der Waals surface area contributed by atoms with Crippen molar-refractivity contribution in [2.24, 2.45) is 0 Å². The number of para-hydroxylation sites is 3. The molecule has 4 nitrogen and oxygen atoms in total. The Hall–Kier alpha value is -10.7. The monoisotopic (exact) mass is 1270 g/mol. The highest BCUT2D eigenvalue weighted by Crippen LogP contribution is 2.55. The van der Waals surface area contributed by atoms with Gasteiger partial charge in [0.25, 0.3) is 6.71 Å². The Morgan fingerprint density at radius 2 is 0.958 bits per heavy atom.